The van der Waals surface area contributed by atoms with Crippen molar-refractivity contribution in [3.8, 4) is 11.5 Å². The number of halogens is 1. The molecule has 0 aliphatic heterocycles. The van der Waals surface area contributed by atoms with Gasteiger partial charge in [-0.05, 0) is 28.9 Å². The van der Waals surface area contributed by atoms with Crippen molar-refractivity contribution in [2.45, 2.75) is 26.6 Å². The summed E-state index contributed by atoms with van der Waals surface area (Å²) >= 11 is 5.25. The van der Waals surface area contributed by atoms with Crippen molar-refractivity contribution in [2.24, 2.45) is 0 Å². The molecule has 0 atom stereocenters. The minimum atomic E-state index is -1.22. The van der Waals surface area contributed by atoms with Crippen LogP contribution in [0.2, 0.25) is 19.6 Å². The summed E-state index contributed by atoms with van der Waals surface area (Å²) in [6, 6.07) is 2.10. The van der Waals surface area contributed by atoms with Crippen LogP contribution in [0.25, 0.3) is 0 Å². The van der Waals surface area contributed by atoms with Gasteiger partial charge in [-0.15, -0.1) is 16.9 Å². The maximum absolute atomic E-state index is 3.49. The fourth-order valence-electron chi connectivity index (χ4n) is 0.771. The van der Waals surface area contributed by atoms with E-state index in [1.54, 1.807) is 11.3 Å². The topological polar surface area (TPSA) is 0 Å². The van der Waals surface area contributed by atoms with Crippen molar-refractivity contribution in [2.75, 3.05) is 0 Å². The highest BCUT2D eigenvalue weighted by atomic mass is 79.9. The van der Waals surface area contributed by atoms with E-state index in [1.165, 1.54) is 14.2 Å². The number of hydrogen-bond donors (Lipinski definition) is 0. The summed E-state index contributed by atoms with van der Waals surface area (Å²) in [5.74, 6) is 3.25. The van der Waals surface area contributed by atoms with Crippen molar-refractivity contribution in [3.05, 3.63) is 20.3 Å². The summed E-state index contributed by atoms with van der Waals surface area (Å²) in [6.45, 7) is 8.88. The lowest BCUT2D eigenvalue weighted by atomic mass is 10.4. The van der Waals surface area contributed by atoms with E-state index in [2.05, 4.69) is 60.0 Å². The SMILES string of the molecule is Cc1sc(C#C[Si](C)(C)C)cc1Br. The highest BCUT2D eigenvalue weighted by Crippen LogP contribution is 2.25. The Morgan fingerprint density at radius 3 is 2.38 bits per heavy atom. The summed E-state index contributed by atoms with van der Waals surface area (Å²) in [7, 11) is -1.22. The number of rotatable bonds is 0. The Labute approximate surface area is 93.5 Å². The summed E-state index contributed by atoms with van der Waals surface area (Å²) in [6.07, 6.45) is 0. The molecule has 0 fully saturated rings. The van der Waals surface area contributed by atoms with Gasteiger partial charge in [0.15, 0.2) is 0 Å². The van der Waals surface area contributed by atoms with Crippen molar-refractivity contribution < 1.29 is 0 Å². The first kappa shape index (κ1) is 11.0. The van der Waals surface area contributed by atoms with Crippen LogP contribution >= 0.6 is 27.3 Å². The van der Waals surface area contributed by atoms with Gasteiger partial charge in [-0.2, -0.15) is 0 Å². The second-order valence-corrected chi connectivity index (χ2v) is 10.9. The molecule has 0 aromatic carbocycles. The first-order valence-electron chi connectivity index (χ1n) is 4.17. The Hall–Kier alpha value is -0.0431. The quantitative estimate of drug-likeness (QED) is 0.494. The lowest BCUT2D eigenvalue weighted by Crippen LogP contribution is -2.16. The molecule has 0 N–H and O–H groups in total. The second kappa shape index (κ2) is 3.99. The lowest BCUT2D eigenvalue weighted by Gasteiger charge is -2.02. The summed E-state index contributed by atoms with van der Waals surface area (Å²) < 4.78 is 1.18. The van der Waals surface area contributed by atoms with Gasteiger partial charge in [-0.3, -0.25) is 0 Å². The Morgan fingerprint density at radius 1 is 1.38 bits per heavy atom. The Kier molecular flexibility index (Phi) is 3.39. The molecule has 0 bridgehead atoms. The monoisotopic (exact) mass is 272 g/mol. The predicted octanol–water partition coefficient (Wildman–Crippen LogP) is 4.05. The molecule has 13 heavy (non-hydrogen) atoms. The summed E-state index contributed by atoms with van der Waals surface area (Å²) in [4.78, 5) is 2.48. The minimum absolute atomic E-state index is 1.17. The first-order chi connectivity index (χ1) is 5.88. The van der Waals surface area contributed by atoms with E-state index in [0.717, 1.165) is 0 Å². The van der Waals surface area contributed by atoms with Gasteiger partial charge in [0.1, 0.15) is 8.07 Å². The van der Waals surface area contributed by atoms with E-state index in [0.29, 0.717) is 0 Å². The molecular weight excluding hydrogens is 260 g/mol. The third kappa shape index (κ3) is 3.68. The molecule has 1 aromatic rings. The fourth-order valence-corrected chi connectivity index (χ4v) is 2.76. The number of aryl methyl sites for hydroxylation is 1. The van der Waals surface area contributed by atoms with Crippen LogP contribution in [-0.2, 0) is 0 Å². The van der Waals surface area contributed by atoms with Crippen LogP contribution in [0.4, 0.5) is 0 Å². The van der Waals surface area contributed by atoms with Gasteiger partial charge in [0.05, 0.1) is 4.88 Å². The number of hydrogen-bond acceptors (Lipinski definition) is 1. The van der Waals surface area contributed by atoms with Gasteiger partial charge in [0.2, 0.25) is 0 Å². The second-order valence-electron chi connectivity index (χ2n) is 4.01. The van der Waals surface area contributed by atoms with E-state index in [1.807, 2.05) is 0 Å². The highest BCUT2D eigenvalue weighted by Gasteiger charge is 2.08. The molecule has 0 nitrogen and oxygen atoms in total. The Bertz CT molecular complexity index is 343. The van der Waals surface area contributed by atoms with Gasteiger partial charge in [0.25, 0.3) is 0 Å². The van der Waals surface area contributed by atoms with Gasteiger partial charge >= 0.3 is 0 Å². The number of thiophene rings is 1. The zero-order valence-corrected chi connectivity index (χ0v) is 11.8. The third-order valence-electron chi connectivity index (χ3n) is 1.42. The van der Waals surface area contributed by atoms with Gasteiger partial charge < -0.3 is 0 Å². The molecule has 0 amide bonds. The molecular formula is C10H13BrSSi. The molecule has 0 aliphatic rings. The molecule has 0 unspecified atom stereocenters. The lowest BCUT2D eigenvalue weighted by molar-refractivity contribution is 1.59. The van der Waals surface area contributed by atoms with Gasteiger partial charge in [-0.1, -0.05) is 25.6 Å². The Morgan fingerprint density at radius 2 is 2.00 bits per heavy atom. The Balaban J connectivity index is 2.91. The van der Waals surface area contributed by atoms with E-state index in [-0.39, 0.29) is 0 Å². The molecule has 70 valence electrons. The van der Waals surface area contributed by atoms with E-state index < -0.39 is 8.07 Å². The van der Waals surface area contributed by atoms with Crippen molar-refractivity contribution in [1.82, 2.24) is 0 Å². The molecule has 0 aliphatic carbocycles. The molecule has 0 saturated heterocycles. The van der Waals surface area contributed by atoms with E-state index in [4.69, 9.17) is 0 Å². The first-order valence-corrected chi connectivity index (χ1v) is 9.28. The fraction of sp³-hybridized carbons (Fsp3) is 0.400. The van der Waals surface area contributed by atoms with Crippen LogP contribution in [0.5, 0.6) is 0 Å². The maximum atomic E-state index is 3.49. The van der Waals surface area contributed by atoms with Gasteiger partial charge in [0, 0.05) is 9.35 Å². The molecule has 1 rings (SSSR count). The average Bonchev–Trinajstić information content (AvgIpc) is 2.27. The van der Waals surface area contributed by atoms with E-state index >= 15 is 0 Å². The smallest absolute Gasteiger partial charge is 0.129 e. The largest absolute Gasteiger partial charge is 0.131 e. The maximum Gasteiger partial charge on any atom is 0.129 e. The van der Waals surface area contributed by atoms with Crippen molar-refractivity contribution in [1.29, 1.82) is 0 Å². The van der Waals surface area contributed by atoms with Crippen LogP contribution in [0, 0.1) is 18.4 Å². The summed E-state index contributed by atoms with van der Waals surface area (Å²) in [5, 5.41) is 0. The van der Waals surface area contributed by atoms with Crippen molar-refractivity contribution >= 4 is 35.3 Å². The standard InChI is InChI=1S/C10H13BrSSi/c1-8-10(11)7-9(12-8)5-6-13(2,3)4/h7H,1-4H3. The summed E-state index contributed by atoms with van der Waals surface area (Å²) in [5.41, 5.74) is 3.36. The molecule has 3 heteroatoms. The average molecular weight is 273 g/mol. The highest BCUT2D eigenvalue weighted by molar-refractivity contribution is 9.10. The predicted molar refractivity (Wildman–Crippen MR) is 67.0 cm³/mol. The zero-order chi connectivity index (χ0) is 10.1. The van der Waals surface area contributed by atoms with Crippen LogP contribution in [0.15, 0.2) is 10.5 Å². The van der Waals surface area contributed by atoms with E-state index in [9.17, 15) is 0 Å². The molecule has 0 saturated carbocycles. The normalized spacial score (nSPS) is 10.8. The molecule has 0 spiro atoms. The van der Waals surface area contributed by atoms with Crippen LogP contribution in [0.3, 0.4) is 0 Å². The molecule has 0 radical (unpaired) electrons. The van der Waals surface area contributed by atoms with Crippen LogP contribution < -0.4 is 0 Å². The third-order valence-corrected chi connectivity index (χ3v) is 4.34. The molecule has 1 aromatic heterocycles. The minimum Gasteiger partial charge on any atom is -0.131 e. The zero-order valence-electron chi connectivity index (χ0n) is 8.36. The van der Waals surface area contributed by atoms with Gasteiger partial charge in [-0.25, -0.2) is 0 Å². The van der Waals surface area contributed by atoms with Crippen LogP contribution in [-0.4, -0.2) is 8.07 Å². The van der Waals surface area contributed by atoms with Crippen molar-refractivity contribution in [3.63, 3.8) is 0 Å². The van der Waals surface area contributed by atoms with Crippen LogP contribution in [0.1, 0.15) is 9.75 Å². The molecule has 1 heterocycles.